The molecular weight excluding hydrogens is 418 g/mol. The van der Waals surface area contributed by atoms with E-state index in [1.54, 1.807) is 44.4 Å². The summed E-state index contributed by atoms with van der Waals surface area (Å²) in [5, 5.41) is 33.4. The number of amides is 1. The SMILES string of the molecule is CN(C)C(=O)C1C(O)C2(O)c3ccncc3OC2(c2ccc(C#N)cc2)C1c1ccccc1. The highest BCUT2D eigenvalue weighted by molar-refractivity contribution is 5.82. The molecule has 1 amide bonds. The Morgan fingerprint density at radius 3 is 2.45 bits per heavy atom. The maximum atomic E-state index is 13.4. The van der Waals surface area contributed by atoms with E-state index < -0.39 is 29.1 Å². The number of pyridine rings is 1. The van der Waals surface area contributed by atoms with Gasteiger partial charge < -0.3 is 19.8 Å². The zero-order chi connectivity index (χ0) is 23.4. The molecule has 7 heteroatoms. The molecule has 5 unspecified atom stereocenters. The number of nitrogens with zero attached hydrogens (tertiary/aromatic N) is 3. The molecule has 1 saturated carbocycles. The van der Waals surface area contributed by atoms with Crippen LogP contribution in [0.2, 0.25) is 0 Å². The normalized spacial score (nSPS) is 29.5. The summed E-state index contributed by atoms with van der Waals surface area (Å²) >= 11 is 0. The van der Waals surface area contributed by atoms with Crippen molar-refractivity contribution >= 4 is 5.91 Å². The van der Waals surface area contributed by atoms with Crippen molar-refractivity contribution in [3.8, 4) is 11.8 Å². The molecule has 5 rings (SSSR count). The largest absolute Gasteiger partial charge is 0.476 e. The van der Waals surface area contributed by atoms with Gasteiger partial charge in [0.25, 0.3) is 0 Å². The minimum absolute atomic E-state index is 0.314. The van der Waals surface area contributed by atoms with Gasteiger partial charge in [-0.1, -0.05) is 42.5 Å². The number of ether oxygens (including phenoxy) is 1. The lowest BCUT2D eigenvalue weighted by Gasteiger charge is -2.40. The average Bonchev–Trinajstić information content (AvgIpc) is 3.22. The maximum Gasteiger partial charge on any atom is 0.228 e. The Morgan fingerprint density at radius 2 is 1.82 bits per heavy atom. The molecule has 0 spiro atoms. The molecule has 0 bridgehead atoms. The molecular formula is C26H23N3O4. The zero-order valence-corrected chi connectivity index (χ0v) is 18.2. The topological polar surface area (TPSA) is 107 Å². The first-order valence-electron chi connectivity index (χ1n) is 10.7. The van der Waals surface area contributed by atoms with Gasteiger partial charge in [-0.05, 0) is 29.3 Å². The lowest BCUT2D eigenvalue weighted by atomic mass is 9.70. The minimum Gasteiger partial charge on any atom is -0.476 e. The van der Waals surface area contributed by atoms with Gasteiger partial charge >= 0.3 is 0 Å². The quantitative estimate of drug-likeness (QED) is 0.646. The number of rotatable bonds is 3. The number of aromatic nitrogens is 1. The summed E-state index contributed by atoms with van der Waals surface area (Å²) in [6.45, 7) is 0. The molecule has 1 aliphatic carbocycles. The molecule has 1 aromatic heterocycles. The van der Waals surface area contributed by atoms with E-state index in [1.165, 1.54) is 17.3 Å². The van der Waals surface area contributed by atoms with E-state index in [9.17, 15) is 20.3 Å². The number of carbonyl (C=O) groups is 1. The second-order valence-electron chi connectivity index (χ2n) is 8.76. The highest BCUT2D eigenvalue weighted by Crippen LogP contribution is 2.68. The fraction of sp³-hybridized carbons (Fsp3) is 0.269. The van der Waals surface area contributed by atoms with Crippen molar-refractivity contribution in [2.45, 2.75) is 23.2 Å². The molecule has 166 valence electrons. The van der Waals surface area contributed by atoms with Gasteiger partial charge in [-0.2, -0.15) is 5.26 Å². The average molecular weight is 441 g/mol. The highest BCUT2D eigenvalue weighted by atomic mass is 16.5. The minimum atomic E-state index is -1.93. The molecule has 7 nitrogen and oxygen atoms in total. The summed E-state index contributed by atoms with van der Waals surface area (Å²) in [7, 11) is 3.25. The lowest BCUT2D eigenvalue weighted by Crippen LogP contribution is -2.52. The van der Waals surface area contributed by atoms with Crippen LogP contribution in [0, 0.1) is 17.2 Å². The zero-order valence-electron chi connectivity index (χ0n) is 18.2. The van der Waals surface area contributed by atoms with Crippen LogP contribution < -0.4 is 4.74 Å². The van der Waals surface area contributed by atoms with Crippen LogP contribution >= 0.6 is 0 Å². The Kier molecular flexibility index (Phi) is 4.74. The van der Waals surface area contributed by atoms with Gasteiger partial charge in [-0.3, -0.25) is 9.78 Å². The first-order chi connectivity index (χ1) is 15.9. The summed E-state index contributed by atoms with van der Waals surface area (Å²) in [5.41, 5.74) is -1.32. The van der Waals surface area contributed by atoms with Crippen LogP contribution in [0.3, 0.4) is 0 Å². The number of aliphatic hydroxyl groups excluding tert-OH is 1. The third kappa shape index (κ3) is 2.68. The molecule has 0 saturated heterocycles. The first kappa shape index (κ1) is 21.1. The van der Waals surface area contributed by atoms with Crippen molar-refractivity contribution < 1.29 is 19.7 Å². The summed E-state index contributed by atoms with van der Waals surface area (Å²) in [6, 6.07) is 19.8. The molecule has 1 fully saturated rings. The van der Waals surface area contributed by atoms with E-state index in [0.717, 1.165) is 5.56 Å². The fourth-order valence-corrected chi connectivity index (χ4v) is 5.53. The van der Waals surface area contributed by atoms with E-state index in [-0.39, 0.29) is 5.91 Å². The molecule has 2 heterocycles. The third-order valence-corrected chi connectivity index (χ3v) is 6.93. The van der Waals surface area contributed by atoms with E-state index in [0.29, 0.717) is 22.4 Å². The molecule has 1 aliphatic heterocycles. The smallest absolute Gasteiger partial charge is 0.228 e. The molecule has 33 heavy (non-hydrogen) atoms. The van der Waals surface area contributed by atoms with E-state index in [4.69, 9.17) is 4.74 Å². The Labute approximate surface area is 191 Å². The standard InChI is InChI=1S/C26H23N3O4/c1-29(2)24(31)21-22(17-6-4-3-5-7-17)26(18-10-8-16(14-27)9-11-18)25(32,23(21)30)19-12-13-28-15-20(19)33-26/h3-13,15,21-23,30,32H,1-2H3. The number of hydrogen-bond donors (Lipinski definition) is 2. The predicted molar refractivity (Wildman–Crippen MR) is 119 cm³/mol. The maximum absolute atomic E-state index is 13.4. The van der Waals surface area contributed by atoms with Crippen molar-refractivity contribution in [3.05, 3.63) is 95.3 Å². The number of benzene rings is 2. The van der Waals surface area contributed by atoms with Gasteiger partial charge in [0.05, 0.1) is 23.7 Å². The highest BCUT2D eigenvalue weighted by Gasteiger charge is 2.77. The van der Waals surface area contributed by atoms with Crippen molar-refractivity contribution in [2.75, 3.05) is 14.1 Å². The van der Waals surface area contributed by atoms with Crippen LogP contribution in [0.15, 0.2) is 73.1 Å². The van der Waals surface area contributed by atoms with E-state index >= 15 is 0 Å². The van der Waals surface area contributed by atoms with Crippen LogP contribution in [0.1, 0.15) is 28.2 Å². The van der Waals surface area contributed by atoms with Gasteiger partial charge in [-0.15, -0.1) is 0 Å². The van der Waals surface area contributed by atoms with Crippen molar-refractivity contribution in [3.63, 3.8) is 0 Å². The molecule has 5 atom stereocenters. The Balaban J connectivity index is 1.86. The van der Waals surface area contributed by atoms with Gasteiger partial charge in [0.2, 0.25) is 5.91 Å². The number of aliphatic hydroxyl groups is 2. The van der Waals surface area contributed by atoms with Gasteiger partial charge in [0.1, 0.15) is 11.9 Å². The van der Waals surface area contributed by atoms with E-state index in [1.807, 2.05) is 30.3 Å². The van der Waals surface area contributed by atoms with Crippen LogP contribution in [0.5, 0.6) is 5.75 Å². The predicted octanol–water partition coefficient (Wildman–Crippen LogP) is 2.29. The number of carbonyl (C=O) groups excluding carboxylic acids is 1. The Morgan fingerprint density at radius 1 is 1.12 bits per heavy atom. The number of nitriles is 1. The molecule has 2 aromatic carbocycles. The monoisotopic (exact) mass is 441 g/mol. The van der Waals surface area contributed by atoms with Gasteiger partial charge in [0.15, 0.2) is 11.2 Å². The van der Waals surface area contributed by atoms with Crippen LogP contribution in [-0.4, -0.2) is 46.2 Å². The second-order valence-corrected chi connectivity index (χ2v) is 8.76. The lowest BCUT2D eigenvalue weighted by molar-refractivity contribution is -0.155. The van der Waals surface area contributed by atoms with Crippen molar-refractivity contribution in [2.24, 2.45) is 5.92 Å². The number of hydrogen-bond acceptors (Lipinski definition) is 6. The molecule has 2 N–H and O–H groups in total. The fourth-order valence-electron chi connectivity index (χ4n) is 5.53. The van der Waals surface area contributed by atoms with Crippen LogP contribution in [0.4, 0.5) is 0 Å². The Bertz CT molecular complexity index is 1250. The molecule has 3 aromatic rings. The van der Waals surface area contributed by atoms with Crippen LogP contribution in [0.25, 0.3) is 0 Å². The van der Waals surface area contributed by atoms with E-state index in [2.05, 4.69) is 11.1 Å². The number of fused-ring (bicyclic) bond motifs is 3. The summed E-state index contributed by atoms with van der Waals surface area (Å²) in [6.07, 6.45) is 1.58. The van der Waals surface area contributed by atoms with Crippen LogP contribution in [-0.2, 0) is 16.0 Å². The van der Waals surface area contributed by atoms with Crippen molar-refractivity contribution in [1.82, 2.24) is 9.88 Å². The van der Waals surface area contributed by atoms with Gasteiger partial charge in [-0.25, -0.2) is 0 Å². The molecule has 0 radical (unpaired) electrons. The molecule has 2 aliphatic rings. The Hall–Kier alpha value is -3.73. The third-order valence-electron chi connectivity index (χ3n) is 6.93. The summed E-state index contributed by atoms with van der Waals surface area (Å²) in [4.78, 5) is 19.0. The first-order valence-corrected chi connectivity index (χ1v) is 10.7. The summed E-state index contributed by atoms with van der Waals surface area (Å²) < 4.78 is 6.55. The van der Waals surface area contributed by atoms with Crippen molar-refractivity contribution in [1.29, 1.82) is 5.26 Å². The summed E-state index contributed by atoms with van der Waals surface area (Å²) in [5.74, 6) is -1.68. The second kappa shape index (κ2) is 7.41. The van der Waals surface area contributed by atoms with Gasteiger partial charge in [0, 0.05) is 31.8 Å².